The third-order valence-corrected chi connectivity index (χ3v) is 4.28. The lowest BCUT2D eigenvalue weighted by Gasteiger charge is -2.07. The summed E-state index contributed by atoms with van der Waals surface area (Å²) in [5, 5.41) is 19.7. The van der Waals surface area contributed by atoms with Crippen molar-refractivity contribution in [2.75, 3.05) is 0 Å². The van der Waals surface area contributed by atoms with E-state index in [1.54, 1.807) is 12.1 Å². The number of benzene rings is 1. The Kier molecular flexibility index (Phi) is 3.14. The second kappa shape index (κ2) is 4.94. The highest BCUT2D eigenvalue weighted by molar-refractivity contribution is 7.99. The fraction of sp³-hybridized carbons (Fsp3) is 0.200. The molecule has 0 bridgehead atoms. The monoisotopic (exact) mass is 268 g/mol. The fourth-order valence-electron chi connectivity index (χ4n) is 2.26. The molecule has 1 aromatic carbocycles. The van der Waals surface area contributed by atoms with Crippen LogP contribution in [0.2, 0.25) is 0 Å². The van der Waals surface area contributed by atoms with Gasteiger partial charge in [0.1, 0.15) is 16.8 Å². The van der Waals surface area contributed by atoms with E-state index in [2.05, 4.69) is 11.1 Å². The average molecular weight is 268 g/mol. The van der Waals surface area contributed by atoms with E-state index >= 15 is 0 Å². The molecule has 0 fully saturated rings. The number of aromatic nitrogens is 1. The number of rotatable bonds is 2. The summed E-state index contributed by atoms with van der Waals surface area (Å²) < 4.78 is 0. The molecule has 0 radical (unpaired) electrons. The second-order valence-electron chi connectivity index (χ2n) is 4.48. The van der Waals surface area contributed by atoms with Gasteiger partial charge in [0.05, 0.1) is 10.5 Å². The first kappa shape index (κ1) is 12.1. The van der Waals surface area contributed by atoms with E-state index in [1.807, 2.05) is 18.2 Å². The van der Waals surface area contributed by atoms with Crippen LogP contribution in [0, 0.1) is 11.3 Å². The Morgan fingerprint density at radius 1 is 1.26 bits per heavy atom. The Hall–Kier alpha value is -1.99. The molecule has 3 rings (SSSR count). The third kappa shape index (κ3) is 2.29. The number of aromatic hydroxyl groups is 1. The Bertz CT molecular complexity index is 676. The topological polar surface area (TPSA) is 56.9 Å². The van der Waals surface area contributed by atoms with Crippen LogP contribution in [0.5, 0.6) is 5.75 Å². The summed E-state index contributed by atoms with van der Waals surface area (Å²) in [6.07, 6.45) is 3.10. The summed E-state index contributed by atoms with van der Waals surface area (Å²) in [6.45, 7) is 0. The van der Waals surface area contributed by atoms with Crippen molar-refractivity contribution in [3.05, 3.63) is 47.2 Å². The maximum absolute atomic E-state index is 9.80. The van der Waals surface area contributed by atoms with Crippen LogP contribution in [0.25, 0.3) is 0 Å². The molecule has 1 aliphatic rings. The zero-order valence-corrected chi connectivity index (χ0v) is 11.1. The SMILES string of the molecule is N#Cc1cc2c(nc1Sc1ccccc1O)CCC2. The first-order chi connectivity index (χ1) is 9.28. The number of pyridine rings is 1. The smallest absolute Gasteiger partial charge is 0.129 e. The minimum absolute atomic E-state index is 0.221. The molecule has 0 saturated carbocycles. The number of fused-ring (bicyclic) bond motifs is 1. The van der Waals surface area contributed by atoms with Gasteiger partial charge in [-0.2, -0.15) is 5.26 Å². The van der Waals surface area contributed by atoms with E-state index in [4.69, 9.17) is 0 Å². The first-order valence-corrected chi connectivity index (χ1v) is 6.98. The Balaban J connectivity index is 2.02. The highest BCUT2D eigenvalue weighted by Gasteiger charge is 2.17. The molecule has 94 valence electrons. The summed E-state index contributed by atoms with van der Waals surface area (Å²) in [6, 6.07) is 11.3. The molecule has 0 atom stereocenters. The van der Waals surface area contributed by atoms with Crippen molar-refractivity contribution in [2.45, 2.75) is 29.2 Å². The molecule has 4 heteroatoms. The predicted molar refractivity (Wildman–Crippen MR) is 73.2 cm³/mol. The number of hydrogen-bond acceptors (Lipinski definition) is 4. The van der Waals surface area contributed by atoms with Gasteiger partial charge >= 0.3 is 0 Å². The first-order valence-electron chi connectivity index (χ1n) is 6.16. The van der Waals surface area contributed by atoms with Crippen LogP contribution in [0.3, 0.4) is 0 Å². The summed E-state index contributed by atoms with van der Waals surface area (Å²) in [4.78, 5) is 5.32. The van der Waals surface area contributed by atoms with E-state index < -0.39 is 0 Å². The number of hydrogen-bond donors (Lipinski definition) is 1. The van der Waals surface area contributed by atoms with Gasteiger partial charge in [-0.25, -0.2) is 4.98 Å². The van der Waals surface area contributed by atoms with Crippen molar-refractivity contribution in [2.24, 2.45) is 0 Å². The normalized spacial score (nSPS) is 13.0. The molecular weight excluding hydrogens is 256 g/mol. The van der Waals surface area contributed by atoms with Crippen LogP contribution >= 0.6 is 11.8 Å². The van der Waals surface area contributed by atoms with Crippen LogP contribution in [0.1, 0.15) is 23.2 Å². The molecule has 0 saturated heterocycles. The molecule has 3 nitrogen and oxygen atoms in total. The number of phenols is 1. The Morgan fingerprint density at radius 3 is 2.89 bits per heavy atom. The lowest BCUT2D eigenvalue weighted by atomic mass is 10.2. The van der Waals surface area contributed by atoms with Crippen molar-refractivity contribution in [3.63, 3.8) is 0 Å². The van der Waals surface area contributed by atoms with Gasteiger partial charge in [-0.1, -0.05) is 23.9 Å². The van der Waals surface area contributed by atoms with Gasteiger partial charge in [0.2, 0.25) is 0 Å². The van der Waals surface area contributed by atoms with Crippen molar-refractivity contribution < 1.29 is 5.11 Å². The largest absolute Gasteiger partial charge is 0.507 e. The van der Waals surface area contributed by atoms with Gasteiger partial charge in [-0.05, 0) is 43.0 Å². The van der Waals surface area contributed by atoms with Gasteiger partial charge in [0.25, 0.3) is 0 Å². The molecule has 0 amide bonds. The molecule has 1 aromatic heterocycles. The Morgan fingerprint density at radius 2 is 2.11 bits per heavy atom. The molecule has 1 N–H and O–H groups in total. The minimum Gasteiger partial charge on any atom is -0.507 e. The van der Waals surface area contributed by atoms with E-state index in [0.717, 1.165) is 29.9 Å². The van der Waals surface area contributed by atoms with Crippen molar-refractivity contribution >= 4 is 11.8 Å². The fourth-order valence-corrected chi connectivity index (χ4v) is 3.16. The van der Waals surface area contributed by atoms with Crippen molar-refractivity contribution in [3.8, 4) is 11.8 Å². The molecular formula is C15H12N2OS. The van der Waals surface area contributed by atoms with Gasteiger partial charge in [0, 0.05) is 5.69 Å². The summed E-state index contributed by atoms with van der Waals surface area (Å²) in [5.41, 5.74) is 2.88. The van der Waals surface area contributed by atoms with Crippen LogP contribution in [-0.4, -0.2) is 10.1 Å². The minimum atomic E-state index is 0.221. The van der Waals surface area contributed by atoms with E-state index in [1.165, 1.54) is 17.3 Å². The summed E-state index contributed by atoms with van der Waals surface area (Å²) in [7, 11) is 0. The maximum atomic E-state index is 9.80. The summed E-state index contributed by atoms with van der Waals surface area (Å²) >= 11 is 1.35. The zero-order valence-electron chi connectivity index (χ0n) is 10.3. The quantitative estimate of drug-likeness (QED) is 0.908. The number of aryl methyl sites for hydroxylation is 2. The highest BCUT2D eigenvalue weighted by atomic mass is 32.2. The predicted octanol–water partition coefficient (Wildman–Crippen LogP) is 3.30. The third-order valence-electron chi connectivity index (χ3n) is 3.21. The van der Waals surface area contributed by atoms with Gasteiger partial charge in [-0.3, -0.25) is 0 Å². The molecule has 1 heterocycles. The van der Waals surface area contributed by atoms with Crippen molar-refractivity contribution in [1.29, 1.82) is 5.26 Å². The van der Waals surface area contributed by atoms with Gasteiger partial charge in [0.15, 0.2) is 0 Å². The molecule has 19 heavy (non-hydrogen) atoms. The van der Waals surface area contributed by atoms with Crippen LogP contribution in [0.15, 0.2) is 40.3 Å². The average Bonchev–Trinajstić information content (AvgIpc) is 2.87. The molecule has 0 spiro atoms. The number of phenolic OH excluding ortho intramolecular Hbond substituents is 1. The number of nitrogens with zero attached hydrogens (tertiary/aromatic N) is 2. The van der Waals surface area contributed by atoms with Crippen LogP contribution < -0.4 is 0 Å². The molecule has 0 unspecified atom stereocenters. The summed E-state index contributed by atoms with van der Waals surface area (Å²) in [5.74, 6) is 0.221. The van der Waals surface area contributed by atoms with Crippen LogP contribution in [-0.2, 0) is 12.8 Å². The lowest BCUT2D eigenvalue weighted by Crippen LogP contribution is -1.94. The zero-order chi connectivity index (χ0) is 13.2. The van der Waals surface area contributed by atoms with Gasteiger partial charge < -0.3 is 5.11 Å². The standard InChI is InChI=1S/C15H12N2OS/c16-9-11-8-10-4-3-5-12(10)17-15(11)19-14-7-2-1-6-13(14)18/h1-2,6-8,18H,3-5H2. The molecule has 0 aliphatic heterocycles. The van der Waals surface area contributed by atoms with E-state index in [9.17, 15) is 10.4 Å². The number of nitriles is 1. The highest BCUT2D eigenvalue weighted by Crippen LogP contribution is 2.36. The maximum Gasteiger partial charge on any atom is 0.129 e. The van der Waals surface area contributed by atoms with Gasteiger partial charge in [-0.15, -0.1) is 0 Å². The second-order valence-corrected chi connectivity index (χ2v) is 5.51. The lowest BCUT2D eigenvalue weighted by molar-refractivity contribution is 0.462. The molecule has 1 aliphatic carbocycles. The van der Waals surface area contributed by atoms with Crippen LogP contribution in [0.4, 0.5) is 0 Å². The van der Waals surface area contributed by atoms with E-state index in [0.29, 0.717) is 10.6 Å². The number of para-hydroxylation sites is 1. The van der Waals surface area contributed by atoms with E-state index in [-0.39, 0.29) is 5.75 Å². The Labute approximate surface area is 115 Å². The van der Waals surface area contributed by atoms with Crippen molar-refractivity contribution in [1.82, 2.24) is 4.98 Å². The molecule has 2 aromatic rings.